The summed E-state index contributed by atoms with van der Waals surface area (Å²) in [6, 6.07) is 3.93. The van der Waals surface area contributed by atoms with E-state index in [-0.39, 0.29) is 6.10 Å². The van der Waals surface area contributed by atoms with Gasteiger partial charge in [0.25, 0.3) is 0 Å². The van der Waals surface area contributed by atoms with Crippen molar-refractivity contribution in [3.8, 4) is 5.75 Å². The van der Waals surface area contributed by atoms with Crippen LogP contribution in [0.5, 0.6) is 5.75 Å². The number of hydrogen-bond donors (Lipinski definition) is 1. The van der Waals surface area contributed by atoms with Crippen LogP contribution in [0.2, 0.25) is 10.0 Å². The number of benzene rings is 1. The molecule has 1 saturated heterocycles. The Morgan fingerprint density at radius 3 is 2.35 bits per heavy atom. The van der Waals surface area contributed by atoms with Gasteiger partial charge in [-0.2, -0.15) is 0 Å². The summed E-state index contributed by atoms with van der Waals surface area (Å²) in [5.41, 5.74) is 1.16. The van der Waals surface area contributed by atoms with Gasteiger partial charge >= 0.3 is 0 Å². The van der Waals surface area contributed by atoms with Gasteiger partial charge in [-0.3, -0.25) is 0 Å². The molecule has 112 valence electrons. The molecular weight excluding hydrogens is 295 g/mol. The molecule has 1 fully saturated rings. The lowest BCUT2D eigenvalue weighted by Crippen LogP contribution is -2.44. The second kappa shape index (κ2) is 7.51. The van der Waals surface area contributed by atoms with E-state index in [4.69, 9.17) is 27.9 Å². The Kier molecular flexibility index (Phi) is 5.97. The van der Waals surface area contributed by atoms with Crippen molar-refractivity contribution in [1.29, 1.82) is 0 Å². The van der Waals surface area contributed by atoms with Crippen LogP contribution in [0.1, 0.15) is 19.4 Å². The molecular formula is C15H22Cl2N2O. The van der Waals surface area contributed by atoms with Crippen LogP contribution in [-0.4, -0.2) is 43.7 Å². The van der Waals surface area contributed by atoms with Gasteiger partial charge in [0, 0.05) is 32.7 Å². The topological polar surface area (TPSA) is 24.5 Å². The van der Waals surface area contributed by atoms with Crippen LogP contribution in [-0.2, 0) is 6.42 Å². The number of nitrogens with one attached hydrogen (secondary N) is 1. The van der Waals surface area contributed by atoms with Gasteiger partial charge in [-0.15, -0.1) is 0 Å². The molecule has 20 heavy (non-hydrogen) atoms. The minimum absolute atomic E-state index is 0.0664. The number of nitrogens with zero attached hydrogens (tertiary/aromatic N) is 1. The molecule has 0 saturated carbocycles. The summed E-state index contributed by atoms with van der Waals surface area (Å²) in [6.45, 7) is 9.33. The van der Waals surface area contributed by atoms with E-state index in [0.29, 0.717) is 15.8 Å². The molecule has 0 aliphatic carbocycles. The molecule has 3 nitrogen and oxygen atoms in total. The molecule has 0 aromatic heterocycles. The quantitative estimate of drug-likeness (QED) is 0.902. The van der Waals surface area contributed by atoms with Crippen LogP contribution in [0.4, 0.5) is 0 Å². The molecule has 0 spiro atoms. The first kappa shape index (κ1) is 15.9. The van der Waals surface area contributed by atoms with Crippen LogP contribution >= 0.6 is 23.2 Å². The van der Waals surface area contributed by atoms with E-state index in [0.717, 1.165) is 44.7 Å². The Morgan fingerprint density at radius 2 is 1.80 bits per heavy atom. The summed E-state index contributed by atoms with van der Waals surface area (Å²) in [5, 5.41) is 4.55. The zero-order valence-corrected chi connectivity index (χ0v) is 13.6. The van der Waals surface area contributed by atoms with Crippen molar-refractivity contribution >= 4 is 23.2 Å². The van der Waals surface area contributed by atoms with Gasteiger partial charge < -0.3 is 15.0 Å². The van der Waals surface area contributed by atoms with Gasteiger partial charge in [0.15, 0.2) is 5.75 Å². The molecule has 0 atom stereocenters. The van der Waals surface area contributed by atoms with Gasteiger partial charge in [0.2, 0.25) is 0 Å². The molecule has 0 radical (unpaired) electrons. The van der Waals surface area contributed by atoms with Crippen LogP contribution in [0, 0.1) is 0 Å². The highest BCUT2D eigenvalue weighted by molar-refractivity contribution is 6.37. The highest BCUT2D eigenvalue weighted by atomic mass is 35.5. The molecule has 5 heteroatoms. The standard InChI is InChI=1S/C15H22Cl2N2O/c1-11(2)20-15-13(16)9-12(10-14(15)17)3-6-19-7-4-18-5-8-19/h9-11,18H,3-8H2,1-2H3. The zero-order valence-electron chi connectivity index (χ0n) is 12.1. The summed E-state index contributed by atoms with van der Waals surface area (Å²) in [5.74, 6) is 0.592. The lowest BCUT2D eigenvalue weighted by Gasteiger charge is -2.27. The molecule has 1 aliphatic heterocycles. The minimum Gasteiger partial charge on any atom is -0.488 e. The van der Waals surface area contributed by atoms with Crippen molar-refractivity contribution in [2.75, 3.05) is 32.7 Å². The third-order valence-corrected chi connectivity index (χ3v) is 3.90. The number of hydrogen-bond acceptors (Lipinski definition) is 3. The molecule has 1 N–H and O–H groups in total. The predicted octanol–water partition coefficient (Wildman–Crippen LogP) is 3.23. The lowest BCUT2D eigenvalue weighted by atomic mass is 10.1. The fraction of sp³-hybridized carbons (Fsp3) is 0.600. The zero-order chi connectivity index (χ0) is 14.5. The van der Waals surface area contributed by atoms with E-state index in [2.05, 4.69) is 10.2 Å². The molecule has 1 aliphatic rings. The van der Waals surface area contributed by atoms with Crippen molar-refractivity contribution in [2.24, 2.45) is 0 Å². The van der Waals surface area contributed by atoms with E-state index >= 15 is 0 Å². The highest BCUT2D eigenvalue weighted by Crippen LogP contribution is 2.35. The monoisotopic (exact) mass is 316 g/mol. The van der Waals surface area contributed by atoms with Crippen molar-refractivity contribution in [1.82, 2.24) is 10.2 Å². The van der Waals surface area contributed by atoms with Crippen LogP contribution < -0.4 is 10.1 Å². The summed E-state index contributed by atoms with van der Waals surface area (Å²) < 4.78 is 5.64. The summed E-state index contributed by atoms with van der Waals surface area (Å²) in [4.78, 5) is 2.46. The molecule has 1 heterocycles. The van der Waals surface area contributed by atoms with E-state index in [1.807, 2.05) is 26.0 Å². The fourth-order valence-corrected chi connectivity index (χ4v) is 2.95. The fourth-order valence-electron chi connectivity index (χ4n) is 2.33. The predicted molar refractivity (Wildman–Crippen MR) is 85.2 cm³/mol. The molecule has 1 aromatic carbocycles. The smallest absolute Gasteiger partial charge is 0.156 e. The highest BCUT2D eigenvalue weighted by Gasteiger charge is 2.13. The van der Waals surface area contributed by atoms with Crippen LogP contribution in [0.3, 0.4) is 0 Å². The minimum atomic E-state index is 0.0664. The summed E-state index contributed by atoms with van der Waals surface area (Å²) >= 11 is 12.5. The van der Waals surface area contributed by atoms with E-state index in [9.17, 15) is 0 Å². The van der Waals surface area contributed by atoms with Gasteiger partial charge in [-0.05, 0) is 38.0 Å². The first-order chi connectivity index (χ1) is 9.56. The van der Waals surface area contributed by atoms with Crippen molar-refractivity contribution in [3.63, 3.8) is 0 Å². The largest absolute Gasteiger partial charge is 0.488 e. The van der Waals surface area contributed by atoms with Gasteiger partial charge in [0.1, 0.15) is 0 Å². The van der Waals surface area contributed by atoms with Gasteiger partial charge in [-0.1, -0.05) is 23.2 Å². The van der Waals surface area contributed by atoms with Gasteiger partial charge in [0.05, 0.1) is 16.1 Å². The summed E-state index contributed by atoms with van der Waals surface area (Å²) in [7, 11) is 0. The first-order valence-corrected chi connectivity index (χ1v) is 7.89. The Hall–Kier alpha value is -0.480. The maximum Gasteiger partial charge on any atom is 0.156 e. The molecule has 0 unspecified atom stereocenters. The maximum atomic E-state index is 6.27. The molecule has 0 amide bonds. The van der Waals surface area contributed by atoms with E-state index in [1.54, 1.807) is 0 Å². The number of ether oxygens (including phenoxy) is 1. The van der Waals surface area contributed by atoms with E-state index < -0.39 is 0 Å². The Labute approximate surface area is 131 Å². The van der Waals surface area contributed by atoms with Crippen LogP contribution in [0.15, 0.2) is 12.1 Å². The van der Waals surface area contributed by atoms with E-state index in [1.165, 1.54) is 0 Å². The maximum absolute atomic E-state index is 6.27. The Balaban J connectivity index is 1.98. The Morgan fingerprint density at radius 1 is 1.20 bits per heavy atom. The van der Waals surface area contributed by atoms with Crippen LogP contribution in [0.25, 0.3) is 0 Å². The number of piperazine rings is 1. The van der Waals surface area contributed by atoms with Crippen molar-refractivity contribution in [3.05, 3.63) is 27.7 Å². The Bertz CT molecular complexity index is 422. The van der Waals surface area contributed by atoms with Crippen molar-refractivity contribution in [2.45, 2.75) is 26.4 Å². The third-order valence-electron chi connectivity index (χ3n) is 3.34. The first-order valence-electron chi connectivity index (χ1n) is 7.14. The summed E-state index contributed by atoms with van der Waals surface area (Å²) in [6.07, 6.45) is 1.03. The normalized spacial score (nSPS) is 16.6. The van der Waals surface area contributed by atoms with Crippen molar-refractivity contribution < 1.29 is 4.74 Å². The van der Waals surface area contributed by atoms with Gasteiger partial charge in [-0.25, -0.2) is 0 Å². The third kappa shape index (κ3) is 4.52. The molecule has 2 rings (SSSR count). The average molecular weight is 317 g/mol. The number of halogens is 2. The second-order valence-electron chi connectivity index (χ2n) is 5.40. The molecule has 0 bridgehead atoms. The molecule has 1 aromatic rings. The lowest BCUT2D eigenvalue weighted by molar-refractivity contribution is 0.241. The SMILES string of the molecule is CC(C)Oc1c(Cl)cc(CCN2CCNCC2)cc1Cl. The number of rotatable bonds is 5. The second-order valence-corrected chi connectivity index (χ2v) is 6.21. The average Bonchev–Trinajstić information content (AvgIpc) is 2.41.